The standard InChI is InChI=1S/C13H13NO4/c1-7-5-16-13-11-8(9(15)2-3-14(7)11)4-10-12(13)18-6-17-10/h4,7H,2-3,5-6H2,1H3. The summed E-state index contributed by atoms with van der Waals surface area (Å²) in [5.41, 5.74) is 1.58. The van der Waals surface area contributed by atoms with E-state index in [1.807, 2.05) is 0 Å². The summed E-state index contributed by atoms with van der Waals surface area (Å²) in [6.07, 6.45) is 0.552. The van der Waals surface area contributed by atoms with Crippen LogP contribution in [0, 0.1) is 0 Å². The Kier molecular flexibility index (Phi) is 1.85. The van der Waals surface area contributed by atoms with Crippen molar-refractivity contribution >= 4 is 11.5 Å². The van der Waals surface area contributed by atoms with Crippen LogP contribution in [-0.4, -0.2) is 31.8 Å². The van der Waals surface area contributed by atoms with Crippen LogP contribution in [0.2, 0.25) is 0 Å². The van der Waals surface area contributed by atoms with Gasteiger partial charge in [0.1, 0.15) is 6.61 Å². The van der Waals surface area contributed by atoms with Gasteiger partial charge in [0.25, 0.3) is 0 Å². The third-order valence-corrected chi connectivity index (χ3v) is 3.76. The summed E-state index contributed by atoms with van der Waals surface area (Å²) in [4.78, 5) is 14.3. The predicted octanol–water partition coefficient (Wildman–Crippen LogP) is 1.59. The Morgan fingerprint density at radius 1 is 1.28 bits per heavy atom. The Morgan fingerprint density at radius 2 is 2.17 bits per heavy atom. The van der Waals surface area contributed by atoms with Gasteiger partial charge in [-0.1, -0.05) is 0 Å². The highest BCUT2D eigenvalue weighted by Crippen LogP contribution is 2.52. The van der Waals surface area contributed by atoms with Crippen molar-refractivity contribution in [1.82, 2.24) is 0 Å². The van der Waals surface area contributed by atoms with Gasteiger partial charge in [0.05, 0.1) is 11.7 Å². The third kappa shape index (κ3) is 1.14. The van der Waals surface area contributed by atoms with Gasteiger partial charge in [-0.2, -0.15) is 0 Å². The van der Waals surface area contributed by atoms with Crippen LogP contribution < -0.4 is 19.1 Å². The van der Waals surface area contributed by atoms with Crippen LogP contribution in [-0.2, 0) is 0 Å². The van der Waals surface area contributed by atoms with Gasteiger partial charge in [-0.15, -0.1) is 0 Å². The molecule has 0 saturated carbocycles. The second kappa shape index (κ2) is 3.31. The number of nitrogens with zero attached hydrogens (tertiary/aromatic N) is 1. The maximum Gasteiger partial charge on any atom is 0.231 e. The molecule has 18 heavy (non-hydrogen) atoms. The van der Waals surface area contributed by atoms with Gasteiger partial charge in [-0.05, 0) is 13.0 Å². The maximum absolute atomic E-state index is 12.1. The molecule has 1 atom stereocenters. The minimum atomic E-state index is 0.151. The molecule has 0 saturated heterocycles. The molecule has 0 aromatic heterocycles. The van der Waals surface area contributed by atoms with Crippen molar-refractivity contribution in [3.63, 3.8) is 0 Å². The van der Waals surface area contributed by atoms with Crippen molar-refractivity contribution in [3.05, 3.63) is 11.6 Å². The Balaban J connectivity index is 2.01. The van der Waals surface area contributed by atoms with Gasteiger partial charge in [0.2, 0.25) is 12.5 Å². The van der Waals surface area contributed by atoms with Crippen molar-refractivity contribution in [2.24, 2.45) is 0 Å². The lowest BCUT2D eigenvalue weighted by molar-refractivity contribution is 0.0974. The molecule has 0 spiro atoms. The van der Waals surface area contributed by atoms with Gasteiger partial charge in [0.15, 0.2) is 17.3 Å². The molecule has 0 amide bonds. The summed E-state index contributed by atoms with van der Waals surface area (Å²) in [6, 6.07) is 2.07. The number of ketones is 1. The fraction of sp³-hybridized carbons (Fsp3) is 0.462. The molecule has 0 radical (unpaired) electrons. The topological polar surface area (TPSA) is 48.0 Å². The number of carbonyl (C=O) groups is 1. The highest BCUT2D eigenvalue weighted by Gasteiger charge is 2.38. The molecule has 5 heteroatoms. The quantitative estimate of drug-likeness (QED) is 0.696. The summed E-state index contributed by atoms with van der Waals surface area (Å²) in [5, 5.41) is 0. The van der Waals surface area contributed by atoms with E-state index in [9.17, 15) is 4.79 Å². The molecule has 1 aromatic rings. The number of carbonyl (C=O) groups excluding carboxylic acids is 1. The number of fused-ring (bicyclic) bond motifs is 2. The number of rotatable bonds is 0. The van der Waals surface area contributed by atoms with Crippen LogP contribution in [0.4, 0.5) is 5.69 Å². The number of Topliss-reactive ketones (excluding diaryl/α,β-unsaturated/α-hetero) is 1. The molecular formula is C13H13NO4. The van der Waals surface area contributed by atoms with E-state index in [1.54, 1.807) is 6.07 Å². The van der Waals surface area contributed by atoms with E-state index < -0.39 is 0 Å². The molecule has 0 aliphatic carbocycles. The molecule has 3 aliphatic heterocycles. The molecule has 4 rings (SSSR count). The smallest absolute Gasteiger partial charge is 0.231 e. The summed E-state index contributed by atoms with van der Waals surface area (Å²) in [6.45, 7) is 3.66. The van der Waals surface area contributed by atoms with Crippen LogP contribution in [0.5, 0.6) is 17.2 Å². The van der Waals surface area contributed by atoms with Crippen LogP contribution in [0.1, 0.15) is 23.7 Å². The first kappa shape index (κ1) is 10.1. The highest BCUT2D eigenvalue weighted by molar-refractivity contribution is 6.06. The molecule has 1 aromatic carbocycles. The maximum atomic E-state index is 12.1. The van der Waals surface area contributed by atoms with E-state index in [0.29, 0.717) is 35.8 Å². The second-order valence-corrected chi connectivity index (χ2v) is 4.86. The summed E-state index contributed by atoms with van der Waals surface area (Å²) < 4.78 is 16.6. The first-order chi connectivity index (χ1) is 8.75. The van der Waals surface area contributed by atoms with E-state index >= 15 is 0 Å². The Bertz CT molecular complexity index is 554. The largest absolute Gasteiger partial charge is 0.485 e. The lowest BCUT2D eigenvalue weighted by atomic mass is 9.96. The third-order valence-electron chi connectivity index (χ3n) is 3.76. The van der Waals surface area contributed by atoms with Gasteiger partial charge in [-0.25, -0.2) is 0 Å². The van der Waals surface area contributed by atoms with Crippen LogP contribution in [0.15, 0.2) is 6.07 Å². The van der Waals surface area contributed by atoms with Crippen molar-refractivity contribution in [3.8, 4) is 17.2 Å². The average Bonchev–Trinajstić information content (AvgIpc) is 2.83. The second-order valence-electron chi connectivity index (χ2n) is 4.86. The number of anilines is 1. The normalized spacial score (nSPS) is 23.7. The zero-order valence-electron chi connectivity index (χ0n) is 10.1. The van der Waals surface area contributed by atoms with Gasteiger partial charge >= 0.3 is 0 Å². The SMILES string of the molecule is CC1COc2c3c(cc4c2N1CCC4=O)OCO3. The molecule has 0 bridgehead atoms. The fourth-order valence-corrected chi connectivity index (χ4v) is 2.84. The summed E-state index contributed by atoms with van der Waals surface area (Å²) >= 11 is 0. The summed E-state index contributed by atoms with van der Waals surface area (Å²) in [5.74, 6) is 2.08. The van der Waals surface area contributed by atoms with Gasteiger partial charge in [-0.3, -0.25) is 4.79 Å². The van der Waals surface area contributed by atoms with Crippen molar-refractivity contribution in [1.29, 1.82) is 0 Å². The Hall–Kier alpha value is -1.91. The molecular weight excluding hydrogens is 234 g/mol. The molecule has 3 heterocycles. The van der Waals surface area contributed by atoms with Crippen LogP contribution >= 0.6 is 0 Å². The van der Waals surface area contributed by atoms with E-state index in [2.05, 4.69) is 11.8 Å². The highest BCUT2D eigenvalue weighted by atomic mass is 16.7. The average molecular weight is 247 g/mol. The molecule has 1 unspecified atom stereocenters. The molecule has 94 valence electrons. The van der Waals surface area contributed by atoms with Crippen LogP contribution in [0.25, 0.3) is 0 Å². The first-order valence-electron chi connectivity index (χ1n) is 6.15. The van der Waals surface area contributed by atoms with Crippen LogP contribution in [0.3, 0.4) is 0 Å². The Morgan fingerprint density at radius 3 is 3.06 bits per heavy atom. The number of hydrogen-bond acceptors (Lipinski definition) is 5. The Labute approximate surface area is 104 Å². The lowest BCUT2D eigenvalue weighted by Gasteiger charge is -2.40. The monoisotopic (exact) mass is 247 g/mol. The predicted molar refractivity (Wildman–Crippen MR) is 63.8 cm³/mol. The molecule has 0 fully saturated rings. The first-order valence-corrected chi connectivity index (χ1v) is 6.15. The number of ether oxygens (including phenoxy) is 3. The molecule has 5 nitrogen and oxygen atoms in total. The van der Waals surface area contributed by atoms with Crippen molar-refractivity contribution in [2.75, 3.05) is 24.8 Å². The van der Waals surface area contributed by atoms with Gasteiger partial charge < -0.3 is 19.1 Å². The molecule has 0 N–H and O–H groups in total. The minimum absolute atomic E-state index is 0.151. The van der Waals surface area contributed by atoms with Crippen molar-refractivity contribution < 1.29 is 19.0 Å². The van der Waals surface area contributed by atoms with E-state index in [4.69, 9.17) is 14.2 Å². The number of benzene rings is 1. The van der Waals surface area contributed by atoms with E-state index in [0.717, 1.165) is 12.2 Å². The summed E-state index contributed by atoms with van der Waals surface area (Å²) in [7, 11) is 0. The van der Waals surface area contributed by atoms with E-state index in [-0.39, 0.29) is 18.6 Å². The number of hydrogen-bond donors (Lipinski definition) is 0. The molecule has 3 aliphatic rings. The van der Waals surface area contributed by atoms with Crippen molar-refractivity contribution in [2.45, 2.75) is 19.4 Å². The lowest BCUT2D eigenvalue weighted by Crippen LogP contribution is -2.45. The minimum Gasteiger partial charge on any atom is -0.485 e. The zero-order chi connectivity index (χ0) is 12.3. The van der Waals surface area contributed by atoms with Gasteiger partial charge in [0, 0.05) is 18.5 Å². The fourth-order valence-electron chi connectivity index (χ4n) is 2.84. The zero-order valence-corrected chi connectivity index (χ0v) is 10.1. The van der Waals surface area contributed by atoms with E-state index in [1.165, 1.54) is 0 Å².